The summed E-state index contributed by atoms with van der Waals surface area (Å²) in [6.07, 6.45) is 5.37. The molecule has 0 atom stereocenters. The zero-order valence-corrected chi connectivity index (χ0v) is 6.45. The summed E-state index contributed by atoms with van der Waals surface area (Å²) in [4.78, 5) is 2.98. The number of nitrogens with one attached hydrogen (secondary N) is 2. The van der Waals surface area contributed by atoms with Crippen molar-refractivity contribution in [3.05, 3.63) is 36.4 Å². The second-order valence-electron chi connectivity index (χ2n) is 2.46. The summed E-state index contributed by atoms with van der Waals surface area (Å²) >= 11 is 0. The van der Waals surface area contributed by atoms with Crippen LogP contribution in [0.5, 0.6) is 0 Å². The summed E-state index contributed by atoms with van der Waals surface area (Å²) in [6.45, 7) is 0.760. The highest BCUT2D eigenvalue weighted by Crippen LogP contribution is 2.04. The maximum atomic E-state index is 4.66. The lowest BCUT2D eigenvalue weighted by molar-refractivity contribution is 0.422. The van der Waals surface area contributed by atoms with Crippen LogP contribution in [0.4, 0.5) is 5.82 Å². The SMILES string of the molecule is c1cc(CNc2ccon2)c[nH]1. The molecule has 62 valence electrons. The molecule has 0 saturated heterocycles. The van der Waals surface area contributed by atoms with Crippen molar-refractivity contribution in [1.29, 1.82) is 0 Å². The maximum absolute atomic E-state index is 4.66. The van der Waals surface area contributed by atoms with Crippen LogP contribution in [-0.2, 0) is 6.54 Å². The average Bonchev–Trinajstić information content (AvgIpc) is 2.74. The monoisotopic (exact) mass is 163 g/mol. The third-order valence-corrected chi connectivity index (χ3v) is 1.57. The van der Waals surface area contributed by atoms with Gasteiger partial charge in [0, 0.05) is 25.0 Å². The van der Waals surface area contributed by atoms with Crippen molar-refractivity contribution in [2.75, 3.05) is 5.32 Å². The Morgan fingerprint density at radius 2 is 2.50 bits per heavy atom. The van der Waals surface area contributed by atoms with Crippen molar-refractivity contribution in [1.82, 2.24) is 10.1 Å². The van der Waals surface area contributed by atoms with E-state index in [1.807, 2.05) is 18.5 Å². The maximum Gasteiger partial charge on any atom is 0.169 e. The molecule has 2 N–H and O–H groups in total. The van der Waals surface area contributed by atoms with Crippen LogP contribution in [0.25, 0.3) is 0 Å². The van der Waals surface area contributed by atoms with E-state index in [4.69, 9.17) is 0 Å². The highest BCUT2D eigenvalue weighted by Gasteiger charge is 1.95. The van der Waals surface area contributed by atoms with Crippen molar-refractivity contribution >= 4 is 5.82 Å². The number of hydrogen-bond acceptors (Lipinski definition) is 3. The first kappa shape index (κ1) is 6.97. The van der Waals surface area contributed by atoms with Gasteiger partial charge in [-0.1, -0.05) is 5.16 Å². The Bertz CT molecular complexity index is 278. The molecule has 0 radical (unpaired) electrons. The van der Waals surface area contributed by atoms with Crippen LogP contribution < -0.4 is 5.32 Å². The van der Waals surface area contributed by atoms with E-state index in [2.05, 4.69) is 20.0 Å². The normalized spacial score (nSPS) is 10.0. The second kappa shape index (κ2) is 3.13. The Hall–Kier alpha value is -1.71. The van der Waals surface area contributed by atoms with Crippen LogP contribution in [0.1, 0.15) is 5.56 Å². The Kier molecular flexibility index (Phi) is 1.82. The molecule has 0 fully saturated rings. The Morgan fingerprint density at radius 1 is 1.50 bits per heavy atom. The Morgan fingerprint density at radius 3 is 3.17 bits per heavy atom. The van der Waals surface area contributed by atoms with Crippen LogP contribution in [0, 0.1) is 0 Å². The van der Waals surface area contributed by atoms with Crippen LogP contribution in [-0.4, -0.2) is 10.1 Å². The number of hydrogen-bond donors (Lipinski definition) is 2. The molecule has 0 unspecified atom stereocenters. The molecule has 0 aliphatic rings. The quantitative estimate of drug-likeness (QED) is 0.722. The minimum atomic E-state index is 0.760. The van der Waals surface area contributed by atoms with E-state index >= 15 is 0 Å². The van der Waals surface area contributed by atoms with Crippen molar-refractivity contribution < 1.29 is 4.52 Å². The molecule has 0 bridgehead atoms. The third-order valence-electron chi connectivity index (χ3n) is 1.57. The Labute approximate surface area is 69.6 Å². The highest BCUT2D eigenvalue weighted by molar-refractivity contribution is 5.31. The number of nitrogens with zero attached hydrogens (tertiary/aromatic N) is 1. The smallest absolute Gasteiger partial charge is 0.169 e. The van der Waals surface area contributed by atoms with Crippen molar-refractivity contribution in [2.45, 2.75) is 6.54 Å². The summed E-state index contributed by atoms with van der Waals surface area (Å²) < 4.78 is 4.66. The van der Waals surface area contributed by atoms with Gasteiger partial charge in [0.05, 0.1) is 0 Å². The lowest BCUT2D eigenvalue weighted by Crippen LogP contribution is -1.97. The van der Waals surface area contributed by atoms with Gasteiger partial charge in [-0.05, 0) is 11.6 Å². The summed E-state index contributed by atoms with van der Waals surface area (Å²) in [5, 5.41) is 6.82. The molecule has 4 heteroatoms. The van der Waals surface area contributed by atoms with Crippen molar-refractivity contribution in [3.63, 3.8) is 0 Å². The standard InChI is InChI=1S/C8H9N3O/c1-3-9-5-7(1)6-10-8-2-4-12-11-8/h1-5,9H,6H2,(H,10,11). The number of rotatable bonds is 3. The molecule has 4 nitrogen and oxygen atoms in total. The van der Waals surface area contributed by atoms with E-state index in [1.165, 1.54) is 5.56 Å². The third kappa shape index (κ3) is 1.47. The second-order valence-corrected chi connectivity index (χ2v) is 2.46. The molecule has 0 aliphatic carbocycles. The summed E-state index contributed by atoms with van der Waals surface area (Å²) in [5.41, 5.74) is 1.19. The van der Waals surface area contributed by atoms with Gasteiger partial charge in [0.2, 0.25) is 0 Å². The Balaban J connectivity index is 1.91. The van der Waals surface area contributed by atoms with Gasteiger partial charge < -0.3 is 14.8 Å². The van der Waals surface area contributed by atoms with Gasteiger partial charge in [0.1, 0.15) is 6.26 Å². The minimum Gasteiger partial charge on any atom is -0.367 e. The van der Waals surface area contributed by atoms with Crippen LogP contribution in [0.15, 0.2) is 35.3 Å². The summed E-state index contributed by atoms with van der Waals surface area (Å²) in [7, 11) is 0. The van der Waals surface area contributed by atoms with Gasteiger partial charge in [-0.25, -0.2) is 0 Å². The molecule has 0 amide bonds. The lowest BCUT2D eigenvalue weighted by Gasteiger charge is -1.97. The van der Waals surface area contributed by atoms with E-state index in [0.717, 1.165) is 12.4 Å². The summed E-state index contributed by atoms with van der Waals surface area (Å²) in [6, 6.07) is 3.79. The van der Waals surface area contributed by atoms with Gasteiger partial charge in [0.25, 0.3) is 0 Å². The first-order valence-corrected chi connectivity index (χ1v) is 3.71. The molecular weight excluding hydrogens is 154 g/mol. The van der Waals surface area contributed by atoms with Crippen LogP contribution >= 0.6 is 0 Å². The predicted octanol–water partition coefficient (Wildman–Crippen LogP) is 1.61. The van der Waals surface area contributed by atoms with Crippen molar-refractivity contribution in [3.8, 4) is 0 Å². The predicted molar refractivity (Wildman–Crippen MR) is 44.6 cm³/mol. The van der Waals surface area contributed by atoms with E-state index in [9.17, 15) is 0 Å². The largest absolute Gasteiger partial charge is 0.367 e. The van der Waals surface area contributed by atoms with E-state index in [0.29, 0.717) is 0 Å². The molecule has 0 saturated carbocycles. The fourth-order valence-electron chi connectivity index (χ4n) is 0.965. The number of H-pyrrole nitrogens is 1. The molecule has 2 aromatic rings. The molecule has 2 heterocycles. The molecule has 12 heavy (non-hydrogen) atoms. The zero-order chi connectivity index (χ0) is 8.23. The average molecular weight is 163 g/mol. The molecule has 2 aromatic heterocycles. The zero-order valence-electron chi connectivity index (χ0n) is 6.45. The fraction of sp³-hybridized carbons (Fsp3) is 0.125. The van der Waals surface area contributed by atoms with E-state index < -0.39 is 0 Å². The highest BCUT2D eigenvalue weighted by atomic mass is 16.5. The van der Waals surface area contributed by atoms with Gasteiger partial charge in [0.15, 0.2) is 5.82 Å². The molecular formula is C8H9N3O. The van der Waals surface area contributed by atoms with Gasteiger partial charge in [-0.15, -0.1) is 0 Å². The van der Waals surface area contributed by atoms with Gasteiger partial charge in [-0.2, -0.15) is 0 Å². The lowest BCUT2D eigenvalue weighted by atomic mass is 10.3. The van der Waals surface area contributed by atoms with E-state index in [-0.39, 0.29) is 0 Å². The van der Waals surface area contributed by atoms with Crippen LogP contribution in [0.2, 0.25) is 0 Å². The number of aromatic nitrogens is 2. The van der Waals surface area contributed by atoms with Gasteiger partial charge in [-0.3, -0.25) is 0 Å². The first-order valence-electron chi connectivity index (χ1n) is 3.71. The molecule has 0 aliphatic heterocycles. The minimum absolute atomic E-state index is 0.760. The number of aromatic amines is 1. The van der Waals surface area contributed by atoms with E-state index in [1.54, 1.807) is 12.3 Å². The van der Waals surface area contributed by atoms with Crippen LogP contribution in [0.3, 0.4) is 0 Å². The first-order chi connectivity index (χ1) is 5.95. The topological polar surface area (TPSA) is 53.9 Å². The summed E-state index contributed by atoms with van der Waals surface area (Å²) in [5.74, 6) is 0.760. The molecule has 2 rings (SSSR count). The molecule has 0 spiro atoms. The number of anilines is 1. The van der Waals surface area contributed by atoms with Gasteiger partial charge >= 0.3 is 0 Å². The fourth-order valence-corrected chi connectivity index (χ4v) is 0.965. The molecule has 0 aromatic carbocycles. The van der Waals surface area contributed by atoms with Crippen molar-refractivity contribution in [2.24, 2.45) is 0 Å².